The summed E-state index contributed by atoms with van der Waals surface area (Å²) in [7, 11) is 0. The van der Waals surface area contributed by atoms with Crippen LogP contribution in [0.5, 0.6) is 0 Å². The molecular formula is C52H37N. The van der Waals surface area contributed by atoms with Crippen molar-refractivity contribution in [2.45, 2.75) is 24.7 Å². The molecule has 0 atom stereocenters. The van der Waals surface area contributed by atoms with Crippen molar-refractivity contribution in [1.82, 2.24) is 0 Å². The van der Waals surface area contributed by atoms with Gasteiger partial charge >= 0.3 is 0 Å². The highest BCUT2D eigenvalue weighted by atomic mass is 15.1. The molecule has 0 amide bonds. The molecule has 0 radical (unpaired) electrons. The second-order valence-corrected chi connectivity index (χ2v) is 15.2. The van der Waals surface area contributed by atoms with E-state index in [0.717, 1.165) is 11.4 Å². The minimum Gasteiger partial charge on any atom is -0.310 e. The van der Waals surface area contributed by atoms with Gasteiger partial charge in [0.1, 0.15) is 0 Å². The van der Waals surface area contributed by atoms with E-state index in [0.29, 0.717) is 0 Å². The first kappa shape index (κ1) is 30.2. The maximum absolute atomic E-state index is 2.45. The minimum atomic E-state index is -0.387. The maximum Gasteiger partial charge on any atom is 0.0726 e. The van der Waals surface area contributed by atoms with E-state index < -0.39 is 0 Å². The van der Waals surface area contributed by atoms with Crippen molar-refractivity contribution < 1.29 is 0 Å². The molecule has 3 aliphatic carbocycles. The van der Waals surface area contributed by atoms with Crippen molar-refractivity contribution >= 4 is 17.1 Å². The summed E-state index contributed by atoms with van der Waals surface area (Å²) in [6.45, 7) is 4.71. The summed E-state index contributed by atoms with van der Waals surface area (Å²) in [6, 6.07) is 70.0. The third-order valence-electron chi connectivity index (χ3n) is 12.3. The van der Waals surface area contributed by atoms with Gasteiger partial charge in [-0.2, -0.15) is 0 Å². The van der Waals surface area contributed by atoms with Gasteiger partial charge in [-0.05, 0) is 109 Å². The molecule has 0 saturated carbocycles. The highest BCUT2D eigenvalue weighted by Crippen LogP contribution is 2.64. The Balaban J connectivity index is 1.09. The van der Waals surface area contributed by atoms with Crippen molar-refractivity contribution in [1.29, 1.82) is 0 Å². The first-order valence-corrected chi connectivity index (χ1v) is 18.7. The van der Waals surface area contributed by atoms with Gasteiger partial charge in [0.15, 0.2) is 0 Å². The zero-order valence-electron chi connectivity index (χ0n) is 29.8. The highest BCUT2D eigenvalue weighted by molar-refractivity contribution is 6.01. The number of hydrogen-bond donors (Lipinski definition) is 0. The summed E-state index contributed by atoms with van der Waals surface area (Å²) in [5, 5.41) is 0. The van der Waals surface area contributed by atoms with Crippen LogP contribution in [0.4, 0.5) is 17.1 Å². The van der Waals surface area contributed by atoms with Crippen molar-refractivity contribution in [2.24, 2.45) is 0 Å². The summed E-state index contributed by atoms with van der Waals surface area (Å²) in [5.74, 6) is 0. The molecule has 250 valence electrons. The van der Waals surface area contributed by atoms with Gasteiger partial charge in [0, 0.05) is 22.4 Å². The van der Waals surface area contributed by atoms with Gasteiger partial charge in [-0.15, -0.1) is 0 Å². The van der Waals surface area contributed by atoms with E-state index in [1.165, 1.54) is 83.6 Å². The van der Waals surface area contributed by atoms with Crippen molar-refractivity contribution in [3.63, 3.8) is 0 Å². The van der Waals surface area contributed by atoms with Gasteiger partial charge in [0.05, 0.1) is 11.1 Å². The average Bonchev–Trinajstić information content (AvgIpc) is 3.78. The van der Waals surface area contributed by atoms with Crippen LogP contribution in [-0.2, 0) is 10.8 Å². The van der Waals surface area contributed by atoms with E-state index in [1.807, 2.05) is 0 Å². The van der Waals surface area contributed by atoms with Crippen LogP contribution in [0.3, 0.4) is 0 Å². The number of hydrogen-bond acceptors (Lipinski definition) is 1. The quantitative estimate of drug-likeness (QED) is 0.179. The van der Waals surface area contributed by atoms with Crippen molar-refractivity contribution in [3.05, 3.63) is 221 Å². The maximum atomic E-state index is 2.45. The molecule has 0 aliphatic heterocycles. The first-order chi connectivity index (χ1) is 26.1. The molecule has 0 saturated heterocycles. The Bertz CT molecular complexity index is 2710. The lowest BCUT2D eigenvalue weighted by atomic mass is 9.70. The van der Waals surface area contributed by atoms with Gasteiger partial charge in [-0.1, -0.05) is 166 Å². The van der Waals surface area contributed by atoms with Gasteiger partial charge in [-0.3, -0.25) is 0 Å². The molecular weight excluding hydrogens is 639 g/mol. The molecule has 1 nitrogen and oxygen atoms in total. The lowest BCUT2D eigenvalue weighted by Crippen LogP contribution is -2.26. The smallest absolute Gasteiger partial charge is 0.0726 e. The molecule has 11 rings (SSSR count). The summed E-state index contributed by atoms with van der Waals surface area (Å²) in [4.78, 5) is 2.45. The monoisotopic (exact) mass is 675 g/mol. The fourth-order valence-electron chi connectivity index (χ4n) is 10.0. The van der Waals surface area contributed by atoms with Crippen LogP contribution in [0, 0.1) is 0 Å². The zero-order chi connectivity index (χ0) is 35.3. The Morgan fingerprint density at radius 1 is 0.340 bits per heavy atom. The summed E-state index contributed by atoms with van der Waals surface area (Å²) < 4.78 is 0. The van der Waals surface area contributed by atoms with Gasteiger partial charge in [0.2, 0.25) is 0 Å². The SMILES string of the molecule is CC1(C)c2ccccc2-c2ccc(-c3ccc(N(c4ccccc4)c4cccc5c4-c4ccccc4C54c5ccccc5-c5ccccc54)cc3)cc21. The number of benzene rings is 8. The molecule has 8 aromatic carbocycles. The fraction of sp³-hybridized carbons (Fsp3) is 0.0769. The Morgan fingerprint density at radius 2 is 0.811 bits per heavy atom. The largest absolute Gasteiger partial charge is 0.310 e. The summed E-state index contributed by atoms with van der Waals surface area (Å²) in [5.41, 5.74) is 21.7. The minimum absolute atomic E-state index is 0.0341. The Hall–Kier alpha value is -6.44. The molecule has 0 fully saturated rings. The molecule has 53 heavy (non-hydrogen) atoms. The average molecular weight is 676 g/mol. The van der Waals surface area contributed by atoms with E-state index in [2.05, 4.69) is 207 Å². The number of fused-ring (bicyclic) bond motifs is 13. The van der Waals surface area contributed by atoms with E-state index in [9.17, 15) is 0 Å². The van der Waals surface area contributed by atoms with Crippen molar-refractivity contribution in [2.75, 3.05) is 4.90 Å². The van der Waals surface area contributed by atoms with E-state index in [4.69, 9.17) is 0 Å². The number of rotatable bonds is 4. The van der Waals surface area contributed by atoms with Crippen molar-refractivity contribution in [3.8, 4) is 44.5 Å². The van der Waals surface area contributed by atoms with E-state index >= 15 is 0 Å². The Kier molecular flexibility index (Phi) is 6.29. The van der Waals surface area contributed by atoms with Crippen LogP contribution < -0.4 is 4.90 Å². The van der Waals surface area contributed by atoms with E-state index in [-0.39, 0.29) is 10.8 Å². The van der Waals surface area contributed by atoms with Crippen LogP contribution in [0.1, 0.15) is 47.2 Å². The molecule has 0 unspecified atom stereocenters. The number of nitrogens with zero attached hydrogens (tertiary/aromatic N) is 1. The summed E-state index contributed by atoms with van der Waals surface area (Å²) >= 11 is 0. The summed E-state index contributed by atoms with van der Waals surface area (Å²) in [6.07, 6.45) is 0. The molecule has 0 N–H and O–H groups in total. The van der Waals surface area contributed by atoms with Crippen LogP contribution in [0.2, 0.25) is 0 Å². The van der Waals surface area contributed by atoms with Gasteiger partial charge in [-0.25, -0.2) is 0 Å². The molecule has 8 aromatic rings. The third-order valence-corrected chi connectivity index (χ3v) is 12.3. The second-order valence-electron chi connectivity index (χ2n) is 15.2. The fourth-order valence-corrected chi connectivity index (χ4v) is 10.0. The molecule has 0 aromatic heterocycles. The third kappa shape index (κ3) is 4.02. The van der Waals surface area contributed by atoms with Crippen LogP contribution in [0.25, 0.3) is 44.5 Å². The lowest BCUT2D eigenvalue weighted by Gasteiger charge is -2.31. The zero-order valence-corrected chi connectivity index (χ0v) is 29.8. The molecule has 1 heteroatoms. The normalized spacial score (nSPS) is 14.5. The van der Waals surface area contributed by atoms with E-state index in [1.54, 1.807) is 0 Å². The van der Waals surface area contributed by atoms with Gasteiger partial charge in [0.25, 0.3) is 0 Å². The number of para-hydroxylation sites is 1. The second kappa shape index (κ2) is 11.0. The first-order valence-electron chi connectivity index (χ1n) is 18.7. The van der Waals surface area contributed by atoms with Crippen LogP contribution in [0.15, 0.2) is 188 Å². The molecule has 3 aliphatic rings. The Labute approximate surface area is 311 Å². The lowest BCUT2D eigenvalue weighted by molar-refractivity contribution is 0.660. The Morgan fingerprint density at radius 3 is 1.47 bits per heavy atom. The van der Waals surface area contributed by atoms with Crippen LogP contribution in [-0.4, -0.2) is 0 Å². The molecule has 1 spiro atoms. The molecule has 0 heterocycles. The number of anilines is 3. The molecule has 0 bridgehead atoms. The predicted octanol–water partition coefficient (Wildman–Crippen LogP) is 13.5. The predicted molar refractivity (Wildman–Crippen MR) is 220 cm³/mol. The highest BCUT2D eigenvalue weighted by Gasteiger charge is 2.52. The van der Waals surface area contributed by atoms with Gasteiger partial charge < -0.3 is 4.90 Å². The standard InChI is InChI=1S/C52H37N/c1-51(2)43-21-10-6-17-38(43)41-32-29-35(33-48(41)51)34-27-30-37(31-28-34)53(36-15-4-3-5-16-36)49-26-14-25-47-50(49)42-20-9-13-24-46(42)52(47)44-22-11-7-18-39(44)40-19-8-12-23-45(40)52/h3-33H,1-2H3. The topological polar surface area (TPSA) is 3.24 Å². The van der Waals surface area contributed by atoms with Crippen LogP contribution >= 0.6 is 0 Å².